The molecule has 0 heterocycles. The summed E-state index contributed by atoms with van der Waals surface area (Å²) in [7, 11) is -3.22. The highest BCUT2D eigenvalue weighted by Crippen LogP contribution is 2.29. The summed E-state index contributed by atoms with van der Waals surface area (Å²) in [6, 6.07) is 2.59. The normalized spacial score (nSPS) is 12.2. The van der Waals surface area contributed by atoms with E-state index < -0.39 is 20.4 Å². The van der Waals surface area contributed by atoms with E-state index >= 15 is 0 Å². The fourth-order valence-electron chi connectivity index (χ4n) is 1.43. The van der Waals surface area contributed by atoms with Crippen LogP contribution >= 0.6 is 0 Å². The SMILES string of the molecule is CCOc1cc(NCC(C)(C)S(C)(=O)=O)c(N)cc1F. The number of nitrogens with two attached hydrogens (primary N) is 1. The van der Waals surface area contributed by atoms with E-state index in [0.29, 0.717) is 12.3 Å². The van der Waals surface area contributed by atoms with E-state index in [2.05, 4.69) is 5.32 Å². The van der Waals surface area contributed by atoms with E-state index in [1.807, 2.05) is 0 Å². The second-order valence-electron chi connectivity index (χ2n) is 5.19. The highest BCUT2D eigenvalue weighted by Gasteiger charge is 2.30. The number of hydrogen-bond acceptors (Lipinski definition) is 5. The van der Waals surface area contributed by atoms with E-state index in [1.165, 1.54) is 12.3 Å². The van der Waals surface area contributed by atoms with Crippen LogP contribution in [-0.2, 0) is 9.84 Å². The zero-order valence-electron chi connectivity index (χ0n) is 12.2. The smallest absolute Gasteiger partial charge is 0.167 e. The highest BCUT2D eigenvalue weighted by atomic mass is 32.2. The summed E-state index contributed by atoms with van der Waals surface area (Å²) < 4.78 is 41.0. The van der Waals surface area contributed by atoms with Crippen molar-refractivity contribution in [3.63, 3.8) is 0 Å². The monoisotopic (exact) mass is 304 g/mol. The molecule has 0 amide bonds. The second kappa shape index (κ2) is 5.87. The van der Waals surface area contributed by atoms with Gasteiger partial charge in [0.05, 0.1) is 22.7 Å². The average Bonchev–Trinajstić information content (AvgIpc) is 2.30. The van der Waals surface area contributed by atoms with E-state index in [9.17, 15) is 12.8 Å². The molecule has 0 saturated carbocycles. The average molecular weight is 304 g/mol. The van der Waals surface area contributed by atoms with Gasteiger partial charge in [0.2, 0.25) is 0 Å². The van der Waals surface area contributed by atoms with Gasteiger partial charge in [-0.05, 0) is 20.8 Å². The molecule has 0 atom stereocenters. The molecule has 0 aliphatic rings. The van der Waals surface area contributed by atoms with Crippen molar-refractivity contribution in [2.75, 3.05) is 30.5 Å². The summed E-state index contributed by atoms with van der Waals surface area (Å²) >= 11 is 0. The number of anilines is 2. The van der Waals surface area contributed by atoms with Crippen LogP contribution in [0.1, 0.15) is 20.8 Å². The molecule has 1 rings (SSSR count). The molecule has 20 heavy (non-hydrogen) atoms. The highest BCUT2D eigenvalue weighted by molar-refractivity contribution is 7.92. The molecule has 0 aliphatic heterocycles. The minimum absolute atomic E-state index is 0.0846. The largest absolute Gasteiger partial charge is 0.491 e. The number of benzene rings is 1. The zero-order valence-corrected chi connectivity index (χ0v) is 13.0. The maximum atomic E-state index is 13.6. The molecular weight excluding hydrogens is 283 g/mol. The number of ether oxygens (including phenoxy) is 1. The van der Waals surface area contributed by atoms with Crippen LogP contribution in [0.2, 0.25) is 0 Å². The van der Waals surface area contributed by atoms with Crippen LogP contribution in [0.25, 0.3) is 0 Å². The first-order valence-electron chi connectivity index (χ1n) is 6.24. The Kier molecular flexibility index (Phi) is 4.86. The van der Waals surface area contributed by atoms with Crippen molar-refractivity contribution < 1.29 is 17.5 Å². The lowest BCUT2D eigenvalue weighted by Gasteiger charge is -2.24. The maximum absolute atomic E-state index is 13.6. The maximum Gasteiger partial charge on any atom is 0.167 e. The van der Waals surface area contributed by atoms with Gasteiger partial charge >= 0.3 is 0 Å². The van der Waals surface area contributed by atoms with E-state index in [4.69, 9.17) is 10.5 Å². The number of sulfone groups is 1. The van der Waals surface area contributed by atoms with Crippen LogP contribution in [-0.4, -0.2) is 32.6 Å². The van der Waals surface area contributed by atoms with Crippen molar-refractivity contribution in [1.82, 2.24) is 0 Å². The first kappa shape index (κ1) is 16.6. The van der Waals surface area contributed by atoms with Crippen molar-refractivity contribution in [2.24, 2.45) is 0 Å². The number of rotatable bonds is 6. The van der Waals surface area contributed by atoms with Gasteiger partial charge in [-0.15, -0.1) is 0 Å². The Labute approximate surface area is 119 Å². The summed E-state index contributed by atoms with van der Waals surface area (Å²) in [5, 5.41) is 2.93. The number of nitrogens with one attached hydrogen (secondary N) is 1. The standard InChI is InChI=1S/C13H21FN2O3S/c1-5-19-12-7-11(10(15)6-9(12)14)16-8-13(2,3)20(4,17)18/h6-7,16H,5,8,15H2,1-4H3. The topological polar surface area (TPSA) is 81.4 Å². The molecule has 0 fully saturated rings. The number of halogens is 1. The fraction of sp³-hybridized carbons (Fsp3) is 0.538. The van der Waals surface area contributed by atoms with Crippen LogP contribution in [0.15, 0.2) is 12.1 Å². The quantitative estimate of drug-likeness (QED) is 0.786. The van der Waals surface area contributed by atoms with E-state index in [-0.39, 0.29) is 18.0 Å². The molecule has 0 radical (unpaired) electrons. The third kappa shape index (κ3) is 3.75. The first-order valence-corrected chi connectivity index (χ1v) is 8.13. The van der Waals surface area contributed by atoms with Crippen LogP contribution in [0, 0.1) is 5.82 Å². The summed E-state index contributed by atoms with van der Waals surface area (Å²) in [5.74, 6) is -0.460. The summed E-state index contributed by atoms with van der Waals surface area (Å²) in [5.41, 5.74) is 6.37. The van der Waals surface area contributed by atoms with Crippen molar-refractivity contribution >= 4 is 21.2 Å². The van der Waals surface area contributed by atoms with Gasteiger partial charge < -0.3 is 15.8 Å². The lowest BCUT2D eigenvalue weighted by molar-refractivity contribution is 0.322. The Morgan fingerprint density at radius 1 is 1.40 bits per heavy atom. The molecule has 3 N–H and O–H groups in total. The molecule has 0 unspecified atom stereocenters. The molecule has 0 aromatic heterocycles. The molecule has 1 aromatic rings. The Morgan fingerprint density at radius 3 is 2.50 bits per heavy atom. The van der Waals surface area contributed by atoms with Crippen LogP contribution in [0.4, 0.5) is 15.8 Å². The predicted molar refractivity (Wildman–Crippen MR) is 79.4 cm³/mol. The molecular formula is C13H21FN2O3S. The van der Waals surface area contributed by atoms with Gasteiger partial charge in [0.25, 0.3) is 0 Å². The molecule has 0 aliphatic carbocycles. The molecule has 114 valence electrons. The van der Waals surface area contributed by atoms with E-state index in [1.54, 1.807) is 20.8 Å². The van der Waals surface area contributed by atoms with E-state index in [0.717, 1.165) is 6.07 Å². The summed E-state index contributed by atoms with van der Waals surface area (Å²) in [6.45, 7) is 5.45. The van der Waals surface area contributed by atoms with Crippen molar-refractivity contribution in [3.05, 3.63) is 17.9 Å². The van der Waals surface area contributed by atoms with Gasteiger partial charge in [0.15, 0.2) is 21.4 Å². The van der Waals surface area contributed by atoms with Crippen LogP contribution < -0.4 is 15.8 Å². The number of hydrogen-bond donors (Lipinski definition) is 2. The third-order valence-electron chi connectivity index (χ3n) is 3.11. The van der Waals surface area contributed by atoms with Gasteiger partial charge in [0.1, 0.15) is 0 Å². The lowest BCUT2D eigenvalue weighted by Crippen LogP contribution is -2.38. The van der Waals surface area contributed by atoms with Crippen molar-refractivity contribution in [3.8, 4) is 5.75 Å². The van der Waals surface area contributed by atoms with Gasteiger partial charge in [-0.2, -0.15) is 0 Å². The van der Waals surface area contributed by atoms with Gasteiger partial charge in [-0.3, -0.25) is 0 Å². The van der Waals surface area contributed by atoms with Crippen molar-refractivity contribution in [1.29, 1.82) is 0 Å². The zero-order chi connectivity index (χ0) is 15.6. The molecule has 5 nitrogen and oxygen atoms in total. The van der Waals surface area contributed by atoms with Crippen LogP contribution in [0.3, 0.4) is 0 Å². The third-order valence-corrected chi connectivity index (χ3v) is 5.26. The molecule has 0 saturated heterocycles. The Morgan fingerprint density at radius 2 is 2.00 bits per heavy atom. The first-order chi connectivity index (χ1) is 9.08. The Bertz CT molecular complexity index is 586. The van der Waals surface area contributed by atoms with Crippen LogP contribution in [0.5, 0.6) is 5.75 Å². The molecule has 0 spiro atoms. The van der Waals surface area contributed by atoms with Gasteiger partial charge in [-0.1, -0.05) is 0 Å². The lowest BCUT2D eigenvalue weighted by atomic mass is 10.2. The summed E-state index contributed by atoms with van der Waals surface area (Å²) in [6.07, 6.45) is 1.17. The van der Waals surface area contributed by atoms with Crippen molar-refractivity contribution in [2.45, 2.75) is 25.5 Å². The van der Waals surface area contributed by atoms with Gasteiger partial charge in [0, 0.05) is 24.9 Å². The molecule has 0 bridgehead atoms. The summed E-state index contributed by atoms with van der Waals surface area (Å²) in [4.78, 5) is 0. The predicted octanol–water partition coefficient (Wildman–Crippen LogP) is 2.04. The second-order valence-corrected chi connectivity index (χ2v) is 7.84. The number of nitrogen functional groups attached to an aromatic ring is 1. The molecule has 7 heteroatoms. The minimum atomic E-state index is -3.22. The Balaban J connectivity index is 2.96. The Hall–Kier alpha value is -1.50. The molecule has 1 aromatic carbocycles. The minimum Gasteiger partial charge on any atom is -0.491 e. The van der Waals surface area contributed by atoms with Gasteiger partial charge in [-0.25, -0.2) is 12.8 Å². The fourth-order valence-corrected chi connectivity index (χ4v) is 1.76.